The maximum atomic E-state index is 9.20. The van der Waals surface area contributed by atoms with Crippen LogP contribution in [0.4, 0.5) is 11.4 Å². The van der Waals surface area contributed by atoms with E-state index in [0.29, 0.717) is 6.42 Å². The highest BCUT2D eigenvalue weighted by Gasteiger charge is 2.21. The Bertz CT molecular complexity index is 570. The van der Waals surface area contributed by atoms with E-state index in [1.165, 1.54) is 0 Å². The van der Waals surface area contributed by atoms with Crippen LogP contribution in [0, 0.1) is 0 Å². The minimum Gasteiger partial charge on any atom is -0.398 e. The van der Waals surface area contributed by atoms with Crippen molar-refractivity contribution in [1.29, 1.82) is 0 Å². The van der Waals surface area contributed by atoms with Crippen LogP contribution in [0.25, 0.3) is 10.8 Å². The number of hydrogen-bond acceptors (Lipinski definition) is 4. The monoisotopic (exact) mass is 259 g/mol. The molecule has 0 amide bonds. The Labute approximate surface area is 113 Å². The molecule has 0 radical (unpaired) electrons. The van der Waals surface area contributed by atoms with Crippen molar-refractivity contribution < 1.29 is 5.11 Å². The molecule has 0 spiro atoms. The average Bonchev–Trinajstić information content (AvgIpc) is 2.43. The lowest BCUT2D eigenvalue weighted by molar-refractivity contribution is 0.252. The maximum Gasteiger partial charge on any atom is 0.0453 e. The largest absolute Gasteiger partial charge is 0.398 e. The van der Waals surface area contributed by atoms with Gasteiger partial charge in [-0.2, -0.15) is 0 Å². The number of rotatable bonds is 5. The van der Waals surface area contributed by atoms with E-state index in [1.807, 2.05) is 24.4 Å². The number of fused-ring (bicyclic) bond motifs is 1. The van der Waals surface area contributed by atoms with Crippen molar-refractivity contribution in [1.82, 2.24) is 4.98 Å². The van der Waals surface area contributed by atoms with E-state index in [2.05, 4.69) is 24.1 Å². The zero-order chi connectivity index (χ0) is 13.9. The third-order valence-corrected chi connectivity index (χ3v) is 3.73. The van der Waals surface area contributed by atoms with Gasteiger partial charge in [0.25, 0.3) is 0 Å². The quantitative estimate of drug-likeness (QED) is 0.722. The maximum absolute atomic E-state index is 9.20. The third-order valence-electron chi connectivity index (χ3n) is 3.73. The molecule has 4 nitrogen and oxygen atoms in total. The molecule has 2 rings (SSSR count). The molecule has 0 aliphatic rings. The summed E-state index contributed by atoms with van der Waals surface area (Å²) < 4.78 is 0. The first-order valence-corrected chi connectivity index (χ1v) is 6.61. The summed E-state index contributed by atoms with van der Waals surface area (Å²) in [6.07, 6.45) is 5.20. The Morgan fingerprint density at radius 1 is 1.32 bits per heavy atom. The molecule has 2 aromatic rings. The summed E-state index contributed by atoms with van der Waals surface area (Å²) in [5.74, 6) is 0. The van der Waals surface area contributed by atoms with Gasteiger partial charge in [-0.15, -0.1) is 0 Å². The minimum absolute atomic E-state index is 0.131. The third kappa shape index (κ3) is 2.79. The van der Waals surface area contributed by atoms with Gasteiger partial charge in [-0.05, 0) is 38.0 Å². The fourth-order valence-electron chi connectivity index (χ4n) is 2.22. The van der Waals surface area contributed by atoms with Gasteiger partial charge in [-0.25, -0.2) is 0 Å². The normalized spacial score (nSPS) is 14.3. The van der Waals surface area contributed by atoms with Crippen LogP contribution in [0.5, 0.6) is 0 Å². The molecule has 0 saturated heterocycles. The molecule has 0 saturated carbocycles. The van der Waals surface area contributed by atoms with Crippen LogP contribution in [0.2, 0.25) is 0 Å². The molecule has 1 aromatic heterocycles. The zero-order valence-electron chi connectivity index (χ0n) is 11.5. The molecule has 0 bridgehead atoms. The lowest BCUT2D eigenvalue weighted by atomic mass is 9.94. The Morgan fingerprint density at radius 3 is 2.79 bits per heavy atom. The first-order valence-electron chi connectivity index (χ1n) is 6.61. The van der Waals surface area contributed by atoms with E-state index in [0.717, 1.165) is 28.6 Å². The Kier molecular flexibility index (Phi) is 3.90. The second-order valence-corrected chi connectivity index (χ2v) is 5.14. The lowest BCUT2D eigenvalue weighted by Crippen LogP contribution is -2.35. The number of hydrogen-bond donors (Lipinski definition) is 3. The Morgan fingerprint density at radius 2 is 2.11 bits per heavy atom. The molecule has 4 heteroatoms. The summed E-state index contributed by atoms with van der Waals surface area (Å²) >= 11 is 0. The van der Waals surface area contributed by atoms with E-state index in [-0.39, 0.29) is 12.1 Å². The van der Waals surface area contributed by atoms with Crippen molar-refractivity contribution in [3.8, 4) is 0 Å². The van der Waals surface area contributed by atoms with Gasteiger partial charge in [0.2, 0.25) is 0 Å². The van der Waals surface area contributed by atoms with E-state index >= 15 is 0 Å². The smallest absolute Gasteiger partial charge is 0.0453 e. The summed E-state index contributed by atoms with van der Waals surface area (Å²) in [4.78, 5) is 4.17. The Balaban J connectivity index is 2.43. The van der Waals surface area contributed by atoms with Crippen LogP contribution in [0.1, 0.15) is 26.7 Å². The highest BCUT2D eigenvalue weighted by Crippen LogP contribution is 2.31. The highest BCUT2D eigenvalue weighted by molar-refractivity contribution is 6.00. The molecule has 1 atom stereocenters. The molecule has 1 aromatic carbocycles. The van der Waals surface area contributed by atoms with Crippen molar-refractivity contribution >= 4 is 22.1 Å². The number of aromatic nitrogens is 1. The topological polar surface area (TPSA) is 71.2 Å². The molecule has 1 heterocycles. The van der Waals surface area contributed by atoms with E-state index in [1.54, 1.807) is 6.20 Å². The molecule has 19 heavy (non-hydrogen) atoms. The lowest BCUT2D eigenvalue weighted by Gasteiger charge is -2.31. The molecule has 1 unspecified atom stereocenters. The van der Waals surface area contributed by atoms with Gasteiger partial charge >= 0.3 is 0 Å². The number of aliphatic hydroxyl groups is 1. The van der Waals surface area contributed by atoms with Crippen molar-refractivity contribution in [3.05, 3.63) is 30.6 Å². The van der Waals surface area contributed by atoms with Crippen LogP contribution < -0.4 is 11.1 Å². The number of aliphatic hydroxyl groups excluding tert-OH is 1. The molecular formula is C15H21N3O. The average molecular weight is 259 g/mol. The first-order chi connectivity index (χ1) is 9.09. The van der Waals surface area contributed by atoms with E-state index < -0.39 is 0 Å². The van der Waals surface area contributed by atoms with Gasteiger partial charge < -0.3 is 16.2 Å². The number of nitrogens with zero attached hydrogens (tertiary/aromatic N) is 1. The predicted molar refractivity (Wildman–Crippen MR) is 80.2 cm³/mol. The van der Waals surface area contributed by atoms with Crippen LogP contribution >= 0.6 is 0 Å². The molecule has 0 aliphatic heterocycles. The second kappa shape index (κ2) is 5.45. The summed E-state index contributed by atoms with van der Waals surface area (Å²) in [6.45, 7) is 4.39. The summed E-state index contributed by atoms with van der Waals surface area (Å²) in [6, 6.07) is 5.80. The highest BCUT2D eigenvalue weighted by atomic mass is 16.3. The number of anilines is 2. The fourth-order valence-corrected chi connectivity index (χ4v) is 2.22. The predicted octanol–water partition coefficient (Wildman–Crippen LogP) is 2.78. The van der Waals surface area contributed by atoms with Crippen LogP contribution in [0.15, 0.2) is 30.6 Å². The molecule has 4 N–H and O–H groups in total. The second-order valence-electron chi connectivity index (χ2n) is 5.14. The number of benzene rings is 1. The summed E-state index contributed by atoms with van der Waals surface area (Å²) in [5, 5.41) is 14.7. The molecule has 0 aliphatic carbocycles. The van der Waals surface area contributed by atoms with Gasteiger partial charge in [-0.3, -0.25) is 4.98 Å². The van der Waals surface area contributed by atoms with Crippen molar-refractivity contribution in [3.63, 3.8) is 0 Å². The molecular weight excluding hydrogens is 238 g/mol. The Hall–Kier alpha value is -1.81. The number of pyridine rings is 1. The van der Waals surface area contributed by atoms with Gasteiger partial charge in [-0.1, -0.05) is 6.92 Å². The number of nitrogens with one attached hydrogen (secondary N) is 1. The van der Waals surface area contributed by atoms with Crippen LogP contribution in [-0.2, 0) is 0 Å². The zero-order valence-corrected chi connectivity index (χ0v) is 11.5. The van der Waals surface area contributed by atoms with Crippen molar-refractivity contribution in [2.24, 2.45) is 0 Å². The molecule has 102 valence electrons. The van der Waals surface area contributed by atoms with Crippen LogP contribution in [0.3, 0.4) is 0 Å². The van der Waals surface area contributed by atoms with Gasteiger partial charge in [0.15, 0.2) is 0 Å². The van der Waals surface area contributed by atoms with Crippen molar-refractivity contribution in [2.75, 3.05) is 17.7 Å². The van der Waals surface area contributed by atoms with Gasteiger partial charge in [0.1, 0.15) is 0 Å². The summed E-state index contributed by atoms with van der Waals surface area (Å²) in [7, 11) is 0. The van der Waals surface area contributed by atoms with Crippen LogP contribution in [-0.4, -0.2) is 22.2 Å². The number of nitrogens with two attached hydrogens (primary N) is 1. The van der Waals surface area contributed by atoms with E-state index in [9.17, 15) is 5.11 Å². The minimum atomic E-state index is -0.131. The fraction of sp³-hybridized carbons (Fsp3) is 0.400. The van der Waals surface area contributed by atoms with E-state index in [4.69, 9.17) is 5.73 Å². The van der Waals surface area contributed by atoms with Crippen molar-refractivity contribution in [2.45, 2.75) is 32.2 Å². The van der Waals surface area contributed by atoms with Gasteiger partial charge in [0.05, 0.1) is 0 Å². The SMILES string of the molecule is CCC(C)(CCO)Nc1ccc(N)c2ccncc12. The van der Waals surface area contributed by atoms with Gasteiger partial charge in [0, 0.05) is 46.7 Å². The first kappa shape index (κ1) is 13.6. The number of nitrogen functional groups attached to an aromatic ring is 1. The summed E-state index contributed by atoms with van der Waals surface area (Å²) in [5.41, 5.74) is 7.62. The standard InChI is InChI=1S/C15H21N3O/c1-3-15(2,7-9-19)18-14-5-4-13(16)11-6-8-17-10-12(11)14/h4-6,8,10,18-19H,3,7,9,16H2,1-2H3. The molecule has 0 fully saturated rings.